The lowest BCUT2D eigenvalue weighted by atomic mass is 9.83. The summed E-state index contributed by atoms with van der Waals surface area (Å²) in [6.45, 7) is 2.09. The van der Waals surface area contributed by atoms with Crippen LogP contribution < -0.4 is 4.74 Å². The fourth-order valence-corrected chi connectivity index (χ4v) is 3.01. The highest BCUT2D eigenvalue weighted by Crippen LogP contribution is 2.34. The predicted molar refractivity (Wildman–Crippen MR) is 89.6 cm³/mol. The highest BCUT2D eigenvalue weighted by Gasteiger charge is 2.29. The van der Waals surface area contributed by atoms with Crippen LogP contribution in [0.5, 0.6) is 5.75 Å². The molecule has 0 fully saturated rings. The minimum atomic E-state index is -0.856. The molecular formula is C18H21BrO2. The summed E-state index contributed by atoms with van der Waals surface area (Å²) < 4.78 is 6.28. The Kier molecular flexibility index (Phi) is 5.43. The summed E-state index contributed by atoms with van der Waals surface area (Å²) in [6, 6.07) is 15.7. The lowest BCUT2D eigenvalue weighted by molar-refractivity contribution is 0.0267. The predicted octanol–water partition coefficient (Wildman–Crippen LogP) is 4.69. The fraction of sp³-hybridized carbons (Fsp3) is 0.333. The minimum absolute atomic E-state index is 0.558. The first-order valence-electron chi connectivity index (χ1n) is 7.19. The summed E-state index contributed by atoms with van der Waals surface area (Å²) in [7, 11) is 1.66. The third-order valence-electron chi connectivity index (χ3n) is 3.71. The molecule has 2 nitrogen and oxygen atoms in total. The number of aliphatic hydroxyl groups is 1. The summed E-state index contributed by atoms with van der Waals surface area (Å²) in [6.07, 6.45) is 2.20. The van der Waals surface area contributed by atoms with E-state index in [-0.39, 0.29) is 0 Å². The molecule has 0 spiro atoms. The first kappa shape index (κ1) is 16.1. The van der Waals surface area contributed by atoms with Gasteiger partial charge in [0.15, 0.2) is 0 Å². The van der Waals surface area contributed by atoms with Crippen molar-refractivity contribution < 1.29 is 9.84 Å². The van der Waals surface area contributed by atoms with Gasteiger partial charge in [-0.25, -0.2) is 0 Å². The number of halogens is 1. The second-order valence-corrected chi connectivity index (χ2v) is 6.14. The molecule has 0 aliphatic heterocycles. The van der Waals surface area contributed by atoms with Crippen LogP contribution in [0.4, 0.5) is 0 Å². The topological polar surface area (TPSA) is 29.5 Å². The summed E-state index contributed by atoms with van der Waals surface area (Å²) in [4.78, 5) is 0. The van der Waals surface area contributed by atoms with Crippen LogP contribution in [0.2, 0.25) is 0 Å². The van der Waals surface area contributed by atoms with Crippen molar-refractivity contribution in [3.8, 4) is 5.75 Å². The third kappa shape index (κ3) is 3.86. The lowest BCUT2D eigenvalue weighted by Gasteiger charge is -2.29. The molecule has 3 heteroatoms. The van der Waals surface area contributed by atoms with Crippen molar-refractivity contribution in [2.24, 2.45) is 0 Å². The minimum Gasteiger partial charge on any atom is -0.497 e. The van der Waals surface area contributed by atoms with E-state index in [4.69, 9.17) is 4.74 Å². The average Bonchev–Trinajstić information content (AvgIpc) is 2.51. The van der Waals surface area contributed by atoms with Gasteiger partial charge in [-0.05, 0) is 35.7 Å². The van der Waals surface area contributed by atoms with Gasteiger partial charge in [-0.1, -0.05) is 59.6 Å². The lowest BCUT2D eigenvalue weighted by Crippen LogP contribution is -2.28. The van der Waals surface area contributed by atoms with E-state index >= 15 is 0 Å². The fourth-order valence-electron chi connectivity index (χ4n) is 2.63. The quantitative estimate of drug-likeness (QED) is 0.820. The standard InChI is InChI=1S/C18H21BrO2/c1-3-11-18(20,15-7-5-4-6-8-15)13-14-12-16(21-2)9-10-17(14)19/h4-10,12,20H,3,11,13H2,1-2H3. The smallest absolute Gasteiger partial charge is 0.119 e. The highest BCUT2D eigenvalue weighted by atomic mass is 79.9. The van der Waals surface area contributed by atoms with E-state index in [1.807, 2.05) is 48.5 Å². The van der Waals surface area contributed by atoms with Crippen LogP contribution in [0.25, 0.3) is 0 Å². The van der Waals surface area contributed by atoms with E-state index in [0.717, 1.165) is 34.2 Å². The Morgan fingerprint density at radius 1 is 1.14 bits per heavy atom. The van der Waals surface area contributed by atoms with Gasteiger partial charge in [0.1, 0.15) is 5.75 Å². The van der Waals surface area contributed by atoms with Crippen LogP contribution in [0, 0.1) is 0 Å². The largest absolute Gasteiger partial charge is 0.497 e. The molecule has 1 N–H and O–H groups in total. The zero-order valence-corrected chi connectivity index (χ0v) is 14.1. The second kappa shape index (κ2) is 7.10. The van der Waals surface area contributed by atoms with Crippen molar-refractivity contribution in [1.29, 1.82) is 0 Å². The van der Waals surface area contributed by atoms with Crippen LogP contribution in [0.15, 0.2) is 53.0 Å². The molecule has 0 aromatic heterocycles. The maximum absolute atomic E-state index is 11.2. The van der Waals surface area contributed by atoms with Gasteiger partial charge < -0.3 is 9.84 Å². The van der Waals surface area contributed by atoms with Gasteiger partial charge in [-0.3, -0.25) is 0 Å². The van der Waals surface area contributed by atoms with Gasteiger partial charge in [-0.2, -0.15) is 0 Å². The van der Waals surface area contributed by atoms with Crippen LogP contribution in [0.3, 0.4) is 0 Å². The van der Waals surface area contributed by atoms with Crippen molar-refractivity contribution in [1.82, 2.24) is 0 Å². The van der Waals surface area contributed by atoms with E-state index < -0.39 is 5.60 Å². The number of hydrogen-bond acceptors (Lipinski definition) is 2. The molecule has 1 atom stereocenters. The van der Waals surface area contributed by atoms with Crippen LogP contribution in [-0.2, 0) is 12.0 Å². The summed E-state index contributed by atoms with van der Waals surface area (Å²) in [5.41, 5.74) is 1.15. The Bertz CT molecular complexity index is 583. The third-order valence-corrected chi connectivity index (χ3v) is 4.48. The van der Waals surface area contributed by atoms with Gasteiger partial charge in [0.25, 0.3) is 0 Å². The molecule has 2 rings (SSSR count). The summed E-state index contributed by atoms with van der Waals surface area (Å²) >= 11 is 3.57. The molecule has 1 unspecified atom stereocenters. The summed E-state index contributed by atoms with van der Waals surface area (Å²) in [5, 5.41) is 11.2. The molecule has 21 heavy (non-hydrogen) atoms. The zero-order valence-electron chi connectivity index (χ0n) is 12.5. The van der Waals surface area contributed by atoms with Gasteiger partial charge in [0.2, 0.25) is 0 Å². The molecule has 2 aromatic rings. The van der Waals surface area contributed by atoms with Gasteiger partial charge in [0, 0.05) is 10.9 Å². The van der Waals surface area contributed by atoms with Crippen molar-refractivity contribution in [2.45, 2.75) is 31.8 Å². The maximum atomic E-state index is 11.2. The Morgan fingerprint density at radius 3 is 2.48 bits per heavy atom. The van der Waals surface area contributed by atoms with Gasteiger partial charge in [-0.15, -0.1) is 0 Å². The average molecular weight is 349 g/mol. The maximum Gasteiger partial charge on any atom is 0.119 e. The van der Waals surface area contributed by atoms with Crippen molar-refractivity contribution in [3.05, 3.63) is 64.1 Å². The number of rotatable bonds is 6. The number of ether oxygens (including phenoxy) is 1. The molecule has 0 bridgehead atoms. The van der Waals surface area contributed by atoms with E-state index in [1.165, 1.54) is 0 Å². The first-order valence-corrected chi connectivity index (χ1v) is 7.98. The van der Waals surface area contributed by atoms with E-state index in [0.29, 0.717) is 6.42 Å². The molecule has 0 heterocycles. The monoisotopic (exact) mass is 348 g/mol. The number of methoxy groups -OCH3 is 1. The van der Waals surface area contributed by atoms with Crippen LogP contribution in [-0.4, -0.2) is 12.2 Å². The Hall–Kier alpha value is -1.32. The normalized spacial score (nSPS) is 13.7. The number of benzene rings is 2. The molecule has 0 saturated carbocycles. The first-order chi connectivity index (χ1) is 10.1. The van der Waals surface area contributed by atoms with E-state index in [2.05, 4.69) is 22.9 Å². The Balaban J connectivity index is 2.36. The van der Waals surface area contributed by atoms with Crippen LogP contribution in [0.1, 0.15) is 30.9 Å². The van der Waals surface area contributed by atoms with Gasteiger partial charge >= 0.3 is 0 Å². The Labute approximate surface area is 134 Å². The van der Waals surface area contributed by atoms with Crippen molar-refractivity contribution >= 4 is 15.9 Å². The highest BCUT2D eigenvalue weighted by molar-refractivity contribution is 9.10. The molecule has 0 amide bonds. The number of hydrogen-bond donors (Lipinski definition) is 1. The molecule has 0 radical (unpaired) electrons. The molecule has 112 valence electrons. The second-order valence-electron chi connectivity index (χ2n) is 5.28. The molecule has 0 aliphatic carbocycles. The molecule has 0 saturated heterocycles. The van der Waals surface area contributed by atoms with E-state index in [9.17, 15) is 5.11 Å². The summed E-state index contributed by atoms with van der Waals surface area (Å²) in [5.74, 6) is 0.806. The van der Waals surface area contributed by atoms with Crippen molar-refractivity contribution in [2.75, 3.05) is 7.11 Å². The molecular weight excluding hydrogens is 328 g/mol. The molecule has 2 aromatic carbocycles. The molecule has 0 aliphatic rings. The zero-order chi connectivity index (χ0) is 15.3. The Morgan fingerprint density at radius 2 is 1.86 bits per heavy atom. The van der Waals surface area contributed by atoms with Crippen molar-refractivity contribution in [3.63, 3.8) is 0 Å². The van der Waals surface area contributed by atoms with Gasteiger partial charge in [0.05, 0.1) is 12.7 Å². The van der Waals surface area contributed by atoms with Crippen LogP contribution >= 0.6 is 15.9 Å². The van der Waals surface area contributed by atoms with E-state index in [1.54, 1.807) is 7.11 Å². The SMILES string of the molecule is CCCC(O)(Cc1cc(OC)ccc1Br)c1ccccc1.